The van der Waals surface area contributed by atoms with E-state index in [-0.39, 0.29) is 18.4 Å². The molecule has 0 unspecified atom stereocenters. The van der Waals surface area contributed by atoms with Crippen LogP contribution >= 0.6 is 11.6 Å². The number of rotatable bonds is 6. The fourth-order valence-corrected chi connectivity index (χ4v) is 2.08. The van der Waals surface area contributed by atoms with E-state index in [1.54, 1.807) is 18.3 Å². The van der Waals surface area contributed by atoms with Gasteiger partial charge in [-0.1, -0.05) is 29.8 Å². The lowest BCUT2D eigenvalue weighted by Crippen LogP contribution is -2.07. The Hall–Kier alpha value is -2.73. The van der Waals surface area contributed by atoms with Gasteiger partial charge in [0.1, 0.15) is 6.61 Å². The Balaban J connectivity index is 1.64. The van der Waals surface area contributed by atoms with Crippen molar-refractivity contribution in [3.05, 3.63) is 77.0 Å². The monoisotopic (exact) mass is 344 g/mol. The first-order chi connectivity index (χ1) is 11.7. The molecule has 1 aromatic carbocycles. The van der Waals surface area contributed by atoms with E-state index in [9.17, 15) is 4.39 Å². The second kappa shape index (κ2) is 7.70. The van der Waals surface area contributed by atoms with Gasteiger partial charge in [-0.25, -0.2) is 9.37 Å². The van der Waals surface area contributed by atoms with Gasteiger partial charge in [0.05, 0.1) is 11.9 Å². The molecule has 5 nitrogen and oxygen atoms in total. The third-order valence-corrected chi connectivity index (χ3v) is 3.42. The Labute approximate surface area is 143 Å². The van der Waals surface area contributed by atoms with E-state index in [0.717, 1.165) is 17.5 Å². The Bertz CT molecular complexity index is 799. The molecule has 0 saturated carbocycles. The summed E-state index contributed by atoms with van der Waals surface area (Å²) in [6.45, 7) is 0.619. The maximum Gasteiger partial charge on any atom is 0.318 e. The number of ether oxygens (including phenoxy) is 1. The second-order valence-corrected chi connectivity index (χ2v) is 5.38. The summed E-state index contributed by atoms with van der Waals surface area (Å²) in [5.41, 5.74) is 1.69. The van der Waals surface area contributed by atoms with Crippen molar-refractivity contribution in [3.63, 3.8) is 0 Å². The SMILES string of the molecule is Fc1cnc(OCc2ccccn2)nc1NCc1ccc(Cl)cc1. The highest BCUT2D eigenvalue weighted by atomic mass is 35.5. The van der Waals surface area contributed by atoms with Crippen molar-refractivity contribution in [3.8, 4) is 6.01 Å². The first kappa shape index (κ1) is 16.1. The molecule has 0 bridgehead atoms. The van der Waals surface area contributed by atoms with E-state index >= 15 is 0 Å². The topological polar surface area (TPSA) is 59.9 Å². The van der Waals surface area contributed by atoms with Gasteiger partial charge in [0.2, 0.25) is 0 Å². The van der Waals surface area contributed by atoms with Gasteiger partial charge in [-0.2, -0.15) is 4.98 Å². The Morgan fingerprint density at radius 3 is 2.67 bits per heavy atom. The highest BCUT2D eigenvalue weighted by Gasteiger charge is 2.08. The van der Waals surface area contributed by atoms with Gasteiger partial charge in [-0.05, 0) is 29.8 Å². The summed E-state index contributed by atoms with van der Waals surface area (Å²) in [6.07, 6.45) is 2.74. The molecule has 24 heavy (non-hydrogen) atoms. The molecule has 0 atom stereocenters. The third-order valence-electron chi connectivity index (χ3n) is 3.17. The van der Waals surface area contributed by atoms with Crippen molar-refractivity contribution in [2.45, 2.75) is 13.2 Å². The van der Waals surface area contributed by atoms with Crippen LogP contribution in [0.1, 0.15) is 11.3 Å². The maximum absolute atomic E-state index is 13.8. The molecular formula is C17H14ClFN4O. The van der Waals surface area contributed by atoms with Crippen molar-refractivity contribution in [2.75, 3.05) is 5.32 Å². The number of nitrogens with zero attached hydrogens (tertiary/aromatic N) is 3. The van der Waals surface area contributed by atoms with Gasteiger partial charge in [0, 0.05) is 17.8 Å². The number of hydrogen-bond acceptors (Lipinski definition) is 5. The number of anilines is 1. The van der Waals surface area contributed by atoms with E-state index < -0.39 is 5.82 Å². The van der Waals surface area contributed by atoms with Crippen LogP contribution in [-0.2, 0) is 13.2 Å². The molecule has 0 aliphatic heterocycles. The molecule has 122 valence electrons. The summed E-state index contributed by atoms with van der Waals surface area (Å²) in [5.74, 6) is -0.467. The van der Waals surface area contributed by atoms with Crippen LogP contribution in [0.5, 0.6) is 6.01 Å². The number of halogens is 2. The zero-order valence-electron chi connectivity index (χ0n) is 12.6. The number of hydrogen-bond donors (Lipinski definition) is 1. The second-order valence-electron chi connectivity index (χ2n) is 4.94. The van der Waals surface area contributed by atoms with Crippen LogP contribution in [0.15, 0.2) is 54.9 Å². The molecule has 0 aliphatic carbocycles. The molecule has 0 fully saturated rings. The lowest BCUT2D eigenvalue weighted by Gasteiger charge is -2.09. The van der Waals surface area contributed by atoms with E-state index in [0.29, 0.717) is 11.6 Å². The molecular weight excluding hydrogens is 331 g/mol. The Morgan fingerprint density at radius 2 is 1.92 bits per heavy atom. The first-order valence-corrected chi connectivity index (χ1v) is 7.62. The van der Waals surface area contributed by atoms with E-state index in [1.165, 1.54) is 0 Å². The lowest BCUT2D eigenvalue weighted by atomic mass is 10.2. The fourth-order valence-electron chi connectivity index (χ4n) is 1.95. The van der Waals surface area contributed by atoms with Crippen molar-refractivity contribution in [1.29, 1.82) is 0 Å². The predicted molar refractivity (Wildman–Crippen MR) is 89.3 cm³/mol. The van der Waals surface area contributed by atoms with Crippen LogP contribution in [0.3, 0.4) is 0 Å². The molecule has 0 saturated heterocycles. The van der Waals surface area contributed by atoms with Crippen LogP contribution < -0.4 is 10.1 Å². The van der Waals surface area contributed by atoms with E-state index in [2.05, 4.69) is 20.3 Å². The minimum Gasteiger partial charge on any atom is -0.457 e. The van der Waals surface area contributed by atoms with Gasteiger partial charge in [0.15, 0.2) is 11.6 Å². The third kappa shape index (κ3) is 4.39. The molecule has 2 aromatic heterocycles. The first-order valence-electron chi connectivity index (χ1n) is 7.24. The summed E-state index contributed by atoms with van der Waals surface area (Å²) < 4.78 is 19.3. The lowest BCUT2D eigenvalue weighted by molar-refractivity contribution is 0.275. The maximum atomic E-state index is 13.8. The standard InChI is InChI=1S/C17H14ClFN4O/c18-13-6-4-12(5-7-13)9-21-16-15(19)10-22-17(23-16)24-11-14-3-1-2-8-20-14/h1-8,10H,9,11H2,(H,21,22,23). The van der Waals surface area contributed by atoms with Gasteiger partial charge in [0.25, 0.3) is 0 Å². The molecule has 3 rings (SSSR count). The van der Waals surface area contributed by atoms with Crippen LogP contribution in [0.25, 0.3) is 0 Å². The molecule has 0 spiro atoms. The zero-order chi connectivity index (χ0) is 16.8. The van der Waals surface area contributed by atoms with Crippen LogP contribution in [0.2, 0.25) is 5.02 Å². The van der Waals surface area contributed by atoms with Gasteiger partial charge in [-0.15, -0.1) is 0 Å². The molecule has 2 heterocycles. The molecule has 0 radical (unpaired) electrons. The van der Waals surface area contributed by atoms with Crippen molar-refractivity contribution in [1.82, 2.24) is 15.0 Å². The van der Waals surface area contributed by atoms with Gasteiger partial charge in [-0.3, -0.25) is 4.98 Å². The van der Waals surface area contributed by atoms with Crippen molar-refractivity contribution >= 4 is 17.4 Å². The highest BCUT2D eigenvalue weighted by Crippen LogP contribution is 2.16. The minimum atomic E-state index is -0.547. The van der Waals surface area contributed by atoms with E-state index in [4.69, 9.17) is 16.3 Å². The Kier molecular flexibility index (Phi) is 5.18. The van der Waals surface area contributed by atoms with Gasteiger partial charge < -0.3 is 10.1 Å². The zero-order valence-corrected chi connectivity index (χ0v) is 13.4. The van der Waals surface area contributed by atoms with Crippen molar-refractivity contribution < 1.29 is 9.13 Å². The summed E-state index contributed by atoms with van der Waals surface area (Å²) in [4.78, 5) is 12.0. The number of nitrogens with one attached hydrogen (secondary N) is 1. The smallest absolute Gasteiger partial charge is 0.318 e. The number of aromatic nitrogens is 3. The van der Waals surface area contributed by atoms with Crippen molar-refractivity contribution in [2.24, 2.45) is 0 Å². The number of benzene rings is 1. The molecule has 0 amide bonds. The summed E-state index contributed by atoms with van der Waals surface area (Å²) >= 11 is 5.84. The molecule has 3 aromatic rings. The van der Waals surface area contributed by atoms with E-state index in [1.807, 2.05) is 30.3 Å². The minimum absolute atomic E-state index is 0.0796. The normalized spacial score (nSPS) is 10.4. The highest BCUT2D eigenvalue weighted by molar-refractivity contribution is 6.30. The molecule has 0 aliphatic rings. The molecule has 1 N–H and O–H groups in total. The quantitative estimate of drug-likeness (QED) is 0.736. The van der Waals surface area contributed by atoms with Crippen LogP contribution in [0, 0.1) is 5.82 Å². The summed E-state index contributed by atoms with van der Waals surface area (Å²) in [6, 6.07) is 12.8. The average Bonchev–Trinajstić information content (AvgIpc) is 2.62. The summed E-state index contributed by atoms with van der Waals surface area (Å²) in [5, 5.41) is 3.57. The molecule has 7 heteroatoms. The Morgan fingerprint density at radius 1 is 1.08 bits per heavy atom. The van der Waals surface area contributed by atoms with Crippen LogP contribution in [-0.4, -0.2) is 15.0 Å². The average molecular weight is 345 g/mol. The largest absolute Gasteiger partial charge is 0.457 e. The van der Waals surface area contributed by atoms with Crippen LogP contribution in [0.4, 0.5) is 10.2 Å². The summed E-state index contributed by atoms with van der Waals surface area (Å²) in [7, 11) is 0. The predicted octanol–water partition coefficient (Wildman–Crippen LogP) is 3.86. The number of pyridine rings is 1. The van der Waals surface area contributed by atoms with Gasteiger partial charge >= 0.3 is 6.01 Å². The fraction of sp³-hybridized carbons (Fsp3) is 0.118.